The molecule has 11 heteroatoms. The molecule has 0 bridgehead atoms. The van der Waals surface area contributed by atoms with E-state index in [-0.39, 0.29) is 24.3 Å². The third kappa shape index (κ3) is 6.47. The maximum Gasteiger partial charge on any atom is 0.265 e. The van der Waals surface area contributed by atoms with Gasteiger partial charge in [-0.1, -0.05) is 32.1 Å². The molecule has 2 saturated carbocycles. The Hall–Kier alpha value is -2.08. The fourth-order valence-electron chi connectivity index (χ4n) is 6.60. The molecule has 1 unspecified atom stereocenters. The highest BCUT2D eigenvalue weighted by Gasteiger charge is 2.59. The van der Waals surface area contributed by atoms with E-state index in [1.165, 1.54) is 43.4 Å². The van der Waals surface area contributed by atoms with E-state index < -0.39 is 29.7 Å². The number of likely N-dealkylation sites (N-methyl/N-ethyl adjacent to an activating group) is 1. The lowest BCUT2D eigenvalue weighted by Gasteiger charge is -2.52. The van der Waals surface area contributed by atoms with Crippen molar-refractivity contribution in [3.8, 4) is 0 Å². The van der Waals surface area contributed by atoms with Crippen LogP contribution >= 0.6 is 11.3 Å². The Kier molecular flexibility index (Phi) is 8.90. The number of carbonyl (C=O) groups is 3. The number of ether oxygens (including phenoxy) is 1. The molecule has 2 saturated heterocycles. The Morgan fingerprint density at radius 1 is 1.15 bits per heavy atom. The summed E-state index contributed by atoms with van der Waals surface area (Å²) in [6.07, 6.45) is 9.62. The van der Waals surface area contributed by atoms with Crippen LogP contribution in [0.4, 0.5) is 0 Å². The van der Waals surface area contributed by atoms with E-state index in [1.807, 2.05) is 11.8 Å². The summed E-state index contributed by atoms with van der Waals surface area (Å²) >= 11 is 1.29. The molecule has 3 heterocycles. The molecular weight excluding hydrogens is 518 g/mol. The molecule has 4 fully saturated rings. The SMILES string of the molecule is CNC(=O)[C@@H](NC(=O)[C@H]1CN(C(=O)c2cncs2)CC12CN(C(O)CC1CC1)C2)[C@@H](C)OCC1CCCCC1. The van der Waals surface area contributed by atoms with E-state index in [0.29, 0.717) is 43.0 Å². The average Bonchev–Trinajstić information content (AvgIpc) is 3.40. The number of nitrogens with zero attached hydrogens (tertiary/aromatic N) is 3. The number of aliphatic hydroxyl groups is 1. The van der Waals surface area contributed by atoms with E-state index in [4.69, 9.17) is 4.74 Å². The first-order chi connectivity index (χ1) is 18.8. The normalized spacial score (nSPS) is 25.6. The molecule has 3 N–H and O–H groups in total. The van der Waals surface area contributed by atoms with Crippen LogP contribution in [0.5, 0.6) is 0 Å². The molecule has 10 nitrogen and oxygen atoms in total. The summed E-state index contributed by atoms with van der Waals surface area (Å²) in [5.74, 6) is -0.0683. The van der Waals surface area contributed by atoms with Crippen LogP contribution in [0.25, 0.3) is 0 Å². The number of carbonyl (C=O) groups excluding carboxylic acids is 3. The van der Waals surface area contributed by atoms with Crippen LogP contribution in [0, 0.1) is 23.2 Å². The molecule has 4 atom stereocenters. The number of aliphatic hydroxyl groups excluding tert-OH is 1. The summed E-state index contributed by atoms with van der Waals surface area (Å²) in [7, 11) is 1.56. The van der Waals surface area contributed by atoms with Crippen molar-refractivity contribution in [2.45, 2.75) is 76.7 Å². The number of nitrogens with one attached hydrogen (secondary N) is 2. The van der Waals surface area contributed by atoms with Crippen LogP contribution in [0.3, 0.4) is 0 Å². The number of hydrogen-bond acceptors (Lipinski definition) is 8. The number of aromatic nitrogens is 1. The largest absolute Gasteiger partial charge is 0.378 e. The van der Waals surface area contributed by atoms with E-state index in [1.54, 1.807) is 23.7 Å². The van der Waals surface area contributed by atoms with Gasteiger partial charge in [0.05, 0.1) is 23.7 Å². The van der Waals surface area contributed by atoms with Gasteiger partial charge in [0.1, 0.15) is 17.1 Å². The van der Waals surface area contributed by atoms with E-state index in [9.17, 15) is 19.5 Å². The standard InChI is InChI=1S/C28H43N5O5S/c1-18(38-13-20-6-4-3-5-7-20)24(26(36)29-2)31-25(35)21-12-32(27(37)22-11-30-17-39-22)14-28(21)15-33(16-28)23(34)10-19-8-9-19/h11,17-21,23-24,34H,3-10,12-16H2,1-2H3,(H,29,36)(H,31,35)/t18-,21-,23?,24+/m1/s1. The molecule has 0 aromatic carbocycles. The van der Waals surface area contributed by atoms with Crippen molar-refractivity contribution in [3.05, 3.63) is 16.6 Å². The number of hydrogen-bond donors (Lipinski definition) is 3. The second-order valence-electron chi connectivity index (χ2n) is 12.2. The lowest BCUT2D eigenvalue weighted by atomic mass is 9.70. The minimum Gasteiger partial charge on any atom is -0.378 e. The highest BCUT2D eigenvalue weighted by atomic mass is 32.1. The van der Waals surface area contributed by atoms with Gasteiger partial charge in [0.25, 0.3) is 5.91 Å². The minimum atomic E-state index is -0.828. The zero-order valence-electron chi connectivity index (χ0n) is 23.1. The Labute approximate surface area is 234 Å². The highest BCUT2D eigenvalue weighted by molar-refractivity contribution is 7.11. The monoisotopic (exact) mass is 561 g/mol. The maximum atomic E-state index is 13.8. The summed E-state index contributed by atoms with van der Waals surface area (Å²) in [4.78, 5) is 48.3. The molecule has 2 aliphatic carbocycles. The molecule has 3 amide bonds. The predicted molar refractivity (Wildman–Crippen MR) is 147 cm³/mol. The quantitative estimate of drug-likeness (QED) is 0.377. The third-order valence-corrected chi connectivity index (χ3v) is 9.97. The molecule has 1 aromatic heterocycles. The van der Waals surface area contributed by atoms with Crippen molar-refractivity contribution in [2.24, 2.45) is 23.2 Å². The Morgan fingerprint density at radius 2 is 1.90 bits per heavy atom. The number of amides is 3. The number of likely N-dealkylation sites (tertiary alicyclic amines) is 2. The topological polar surface area (TPSA) is 124 Å². The molecule has 1 aromatic rings. The summed E-state index contributed by atoms with van der Waals surface area (Å²) in [6.45, 7) is 4.22. The summed E-state index contributed by atoms with van der Waals surface area (Å²) in [5, 5.41) is 16.4. The highest BCUT2D eigenvalue weighted by Crippen LogP contribution is 2.46. The first kappa shape index (κ1) is 28.4. The van der Waals surface area contributed by atoms with Gasteiger partial charge in [-0.15, -0.1) is 11.3 Å². The second kappa shape index (κ2) is 12.2. The fourth-order valence-corrected chi connectivity index (χ4v) is 7.19. The van der Waals surface area contributed by atoms with E-state index >= 15 is 0 Å². The van der Waals surface area contributed by atoms with E-state index in [2.05, 4.69) is 15.6 Å². The van der Waals surface area contributed by atoms with Crippen LogP contribution in [0.1, 0.15) is 68.0 Å². The van der Waals surface area contributed by atoms with Crippen LogP contribution in [-0.4, -0.2) is 95.8 Å². The summed E-state index contributed by atoms with van der Waals surface area (Å²) < 4.78 is 6.14. The van der Waals surface area contributed by atoms with Crippen LogP contribution < -0.4 is 10.6 Å². The van der Waals surface area contributed by atoms with Gasteiger partial charge in [0.2, 0.25) is 11.8 Å². The van der Waals surface area contributed by atoms with Gasteiger partial charge < -0.3 is 25.4 Å². The van der Waals surface area contributed by atoms with Crippen LogP contribution in [0.15, 0.2) is 11.7 Å². The van der Waals surface area contributed by atoms with Gasteiger partial charge in [-0.05, 0) is 38.0 Å². The molecule has 1 spiro atoms. The Morgan fingerprint density at radius 3 is 2.54 bits per heavy atom. The average molecular weight is 562 g/mol. The zero-order valence-corrected chi connectivity index (χ0v) is 24.0. The second-order valence-corrected chi connectivity index (χ2v) is 13.1. The molecule has 2 aliphatic heterocycles. The van der Waals surface area contributed by atoms with Crippen molar-refractivity contribution in [1.29, 1.82) is 0 Å². The molecular formula is C28H43N5O5S. The first-order valence-corrected chi connectivity index (χ1v) is 15.4. The van der Waals surface area contributed by atoms with Crippen molar-refractivity contribution in [1.82, 2.24) is 25.4 Å². The lowest BCUT2D eigenvalue weighted by Crippen LogP contribution is -2.66. The Balaban J connectivity index is 1.27. The van der Waals surface area contributed by atoms with Gasteiger partial charge in [-0.2, -0.15) is 0 Å². The van der Waals surface area contributed by atoms with E-state index in [0.717, 1.165) is 19.3 Å². The molecule has 216 valence electrons. The van der Waals surface area contributed by atoms with Gasteiger partial charge in [0, 0.05) is 45.2 Å². The van der Waals surface area contributed by atoms with Gasteiger partial charge >= 0.3 is 0 Å². The van der Waals surface area contributed by atoms with Gasteiger partial charge in [-0.25, -0.2) is 0 Å². The summed E-state index contributed by atoms with van der Waals surface area (Å²) in [6, 6.07) is -0.828. The molecule has 39 heavy (non-hydrogen) atoms. The molecule has 5 rings (SSSR count). The zero-order chi connectivity index (χ0) is 27.6. The fraction of sp³-hybridized carbons (Fsp3) is 0.786. The number of thiazole rings is 1. The van der Waals surface area contributed by atoms with Gasteiger partial charge in [0.15, 0.2) is 0 Å². The smallest absolute Gasteiger partial charge is 0.265 e. The Bertz CT molecular complexity index is 1010. The molecule has 4 aliphatic rings. The van der Waals surface area contributed by atoms with Crippen molar-refractivity contribution < 1.29 is 24.2 Å². The lowest BCUT2D eigenvalue weighted by molar-refractivity contribution is -0.149. The van der Waals surface area contributed by atoms with Crippen molar-refractivity contribution >= 4 is 29.1 Å². The number of rotatable bonds is 11. The minimum absolute atomic E-state index is 0.129. The van der Waals surface area contributed by atoms with Gasteiger partial charge in [-0.3, -0.25) is 24.3 Å². The maximum absolute atomic E-state index is 13.8. The van der Waals surface area contributed by atoms with Crippen LogP contribution in [-0.2, 0) is 14.3 Å². The predicted octanol–water partition coefficient (Wildman–Crippen LogP) is 1.85. The summed E-state index contributed by atoms with van der Waals surface area (Å²) in [5.41, 5.74) is 1.17. The third-order valence-electron chi connectivity index (χ3n) is 9.21. The van der Waals surface area contributed by atoms with Crippen molar-refractivity contribution in [2.75, 3.05) is 39.8 Å². The first-order valence-electron chi connectivity index (χ1n) is 14.5. The van der Waals surface area contributed by atoms with Crippen molar-refractivity contribution in [3.63, 3.8) is 0 Å². The molecule has 0 radical (unpaired) electrons. The van der Waals surface area contributed by atoms with Crippen LogP contribution in [0.2, 0.25) is 0 Å².